The monoisotopic (exact) mass is 692 g/mol. The van der Waals surface area contributed by atoms with Crippen molar-refractivity contribution in [3.8, 4) is 0 Å². The summed E-state index contributed by atoms with van der Waals surface area (Å²) in [5.74, 6) is -1.50. The van der Waals surface area contributed by atoms with Crippen LogP contribution in [-0.4, -0.2) is 99.7 Å². The normalized spacial score (nSPS) is 15.8. The molecular weight excluding hydrogens is 648 g/mol. The Morgan fingerprint density at radius 2 is 1.63 bits per heavy atom. The van der Waals surface area contributed by atoms with Crippen molar-refractivity contribution in [1.29, 1.82) is 0 Å². The quantitative estimate of drug-likeness (QED) is 0.0889. The van der Waals surface area contributed by atoms with Gasteiger partial charge in [0.1, 0.15) is 12.6 Å². The van der Waals surface area contributed by atoms with Crippen molar-refractivity contribution in [2.24, 2.45) is 17.0 Å². The molecule has 3 aromatic rings. The van der Waals surface area contributed by atoms with Gasteiger partial charge >= 0.3 is 6.03 Å². The van der Waals surface area contributed by atoms with Crippen molar-refractivity contribution in [2.45, 2.75) is 63.7 Å². The molecule has 3 atom stereocenters. The number of benzene rings is 2. The standard InChI is InChI=1S/C35H44N6O7S/c1-24(2)20-39(49(47,48)29-12-10-27(11-13-29)19-37-46)22-31(42)30(18-26-8-6-5-7-9-26)38-34(44)33(25(3)4)41-23-32(43)40(35(41)45)21-28-14-16-36-17-15-28/h5-17,19,24-25,30-31,33,42,46H,18,20-23H2,1-4H3,(H,38,44)/b37-19+/t30-,31?,33+/m0/s1. The highest BCUT2D eigenvalue weighted by Gasteiger charge is 2.44. The number of carbonyl (C=O) groups excluding carboxylic acids is 3. The minimum atomic E-state index is -4.09. The molecule has 49 heavy (non-hydrogen) atoms. The Kier molecular flexibility index (Phi) is 12.6. The summed E-state index contributed by atoms with van der Waals surface area (Å²) in [4.78, 5) is 46.9. The average Bonchev–Trinajstić information content (AvgIpc) is 3.33. The Morgan fingerprint density at radius 1 is 0.980 bits per heavy atom. The van der Waals surface area contributed by atoms with Crippen LogP contribution >= 0.6 is 0 Å². The number of aliphatic hydroxyl groups excluding tert-OH is 1. The number of sulfonamides is 1. The van der Waals surface area contributed by atoms with E-state index in [4.69, 9.17) is 5.21 Å². The highest BCUT2D eigenvalue weighted by atomic mass is 32.2. The van der Waals surface area contributed by atoms with E-state index in [9.17, 15) is 27.9 Å². The number of oxime groups is 1. The largest absolute Gasteiger partial charge is 0.411 e. The molecule has 14 heteroatoms. The van der Waals surface area contributed by atoms with Gasteiger partial charge in [-0.25, -0.2) is 13.2 Å². The number of amides is 4. The number of aliphatic hydroxyl groups is 1. The van der Waals surface area contributed by atoms with Crippen molar-refractivity contribution < 1.29 is 33.1 Å². The summed E-state index contributed by atoms with van der Waals surface area (Å²) in [6.07, 6.45) is 3.13. The molecule has 4 rings (SSSR count). The van der Waals surface area contributed by atoms with Gasteiger partial charge < -0.3 is 20.5 Å². The Morgan fingerprint density at radius 3 is 2.22 bits per heavy atom. The lowest BCUT2D eigenvalue weighted by molar-refractivity contribution is -0.129. The lowest BCUT2D eigenvalue weighted by Gasteiger charge is -2.34. The highest BCUT2D eigenvalue weighted by molar-refractivity contribution is 7.89. The molecule has 1 aliphatic rings. The number of nitrogens with one attached hydrogen (secondary N) is 1. The number of nitrogens with zero attached hydrogens (tertiary/aromatic N) is 5. The van der Waals surface area contributed by atoms with Crippen LogP contribution in [0.4, 0.5) is 4.79 Å². The summed E-state index contributed by atoms with van der Waals surface area (Å²) in [6.45, 7) is 6.78. The summed E-state index contributed by atoms with van der Waals surface area (Å²) >= 11 is 0. The van der Waals surface area contributed by atoms with E-state index >= 15 is 0 Å². The number of pyridine rings is 1. The lowest BCUT2D eigenvalue weighted by atomic mass is 9.97. The van der Waals surface area contributed by atoms with Crippen LogP contribution in [0.3, 0.4) is 0 Å². The first kappa shape index (κ1) is 37.2. The van der Waals surface area contributed by atoms with E-state index in [1.54, 1.807) is 38.4 Å². The van der Waals surface area contributed by atoms with E-state index in [1.165, 1.54) is 39.7 Å². The van der Waals surface area contributed by atoms with Gasteiger partial charge in [0.15, 0.2) is 0 Å². The third kappa shape index (κ3) is 9.49. The molecule has 1 aliphatic heterocycles. The molecule has 262 valence electrons. The maximum Gasteiger partial charge on any atom is 0.328 e. The second kappa shape index (κ2) is 16.6. The van der Waals surface area contributed by atoms with Crippen LogP contribution in [0.2, 0.25) is 0 Å². The Hall–Kier alpha value is -4.66. The van der Waals surface area contributed by atoms with Crippen LogP contribution < -0.4 is 5.32 Å². The van der Waals surface area contributed by atoms with Gasteiger partial charge in [-0.15, -0.1) is 0 Å². The smallest absolute Gasteiger partial charge is 0.328 e. The first-order chi connectivity index (χ1) is 23.3. The Labute approximate surface area is 287 Å². The molecule has 1 saturated heterocycles. The fourth-order valence-corrected chi connectivity index (χ4v) is 7.40. The molecule has 13 nitrogen and oxygen atoms in total. The molecule has 4 amide bonds. The summed E-state index contributed by atoms with van der Waals surface area (Å²) in [7, 11) is -4.09. The van der Waals surface area contributed by atoms with Gasteiger partial charge in [0.25, 0.3) is 5.91 Å². The van der Waals surface area contributed by atoms with E-state index < -0.39 is 52.0 Å². The van der Waals surface area contributed by atoms with Crippen LogP contribution in [0.15, 0.2) is 89.2 Å². The minimum Gasteiger partial charge on any atom is -0.411 e. The van der Waals surface area contributed by atoms with Crippen LogP contribution in [0.5, 0.6) is 0 Å². The van der Waals surface area contributed by atoms with Crippen molar-refractivity contribution in [1.82, 2.24) is 24.4 Å². The predicted octanol–water partition coefficient (Wildman–Crippen LogP) is 3.11. The van der Waals surface area contributed by atoms with Crippen molar-refractivity contribution >= 4 is 34.1 Å². The van der Waals surface area contributed by atoms with Crippen LogP contribution in [-0.2, 0) is 32.6 Å². The molecule has 1 aromatic heterocycles. The zero-order valence-electron chi connectivity index (χ0n) is 28.1. The van der Waals surface area contributed by atoms with Crippen LogP contribution in [0, 0.1) is 11.8 Å². The van der Waals surface area contributed by atoms with Gasteiger partial charge in [0.2, 0.25) is 15.9 Å². The number of urea groups is 1. The van der Waals surface area contributed by atoms with Gasteiger partial charge in [-0.05, 0) is 59.2 Å². The van der Waals surface area contributed by atoms with Gasteiger partial charge in [0, 0.05) is 25.5 Å². The number of aromatic nitrogens is 1. The zero-order valence-corrected chi connectivity index (χ0v) is 28.9. The van der Waals surface area contributed by atoms with E-state index in [1.807, 2.05) is 44.2 Å². The van der Waals surface area contributed by atoms with Crippen molar-refractivity contribution in [2.75, 3.05) is 19.6 Å². The summed E-state index contributed by atoms with van der Waals surface area (Å²) in [5.41, 5.74) is 2.01. The van der Waals surface area contributed by atoms with E-state index in [0.717, 1.165) is 10.5 Å². The summed E-state index contributed by atoms with van der Waals surface area (Å²) in [5, 5.41) is 26.4. The molecule has 0 aliphatic carbocycles. The summed E-state index contributed by atoms with van der Waals surface area (Å²) < 4.78 is 28.9. The fraction of sp³-hybridized carbons (Fsp3) is 0.400. The maximum atomic E-state index is 14.0. The van der Waals surface area contributed by atoms with Gasteiger partial charge in [-0.2, -0.15) is 4.31 Å². The fourth-order valence-electron chi connectivity index (χ4n) is 5.78. The van der Waals surface area contributed by atoms with Crippen LogP contribution in [0.1, 0.15) is 44.4 Å². The van der Waals surface area contributed by atoms with Crippen molar-refractivity contribution in [3.63, 3.8) is 0 Å². The molecule has 0 radical (unpaired) electrons. The highest BCUT2D eigenvalue weighted by Crippen LogP contribution is 2.23. The van der Waals surface area contributed by atoms with Gasteiger partial charge in [0.05, 0.1) is 29.8 Å². The minimum absolute atomic E-state index is 0.00695. The molecule has 0 spiro atoms. The lowest BCUT2D eigenvalue weighted by Crippen LogP contribution is -2.57. The first-order valence-corrected chi connectivity index (χ1v) is 17.6. The topological polar surface area (TPSA) is 173 Å². The molecule has 1 unspecified atom stereocenters. The van der Waals surface area contributed by atoms with Crippen LogP contribution in [0.25, 0.3) is 0 Å². The second-order valence-corrected chi connectivity index (χ2v) is 14.8. The molecule has 2 heterocycles. The van der Waals surface area contributed by atoms with Gasteiger partial charge in [-0.3, -0.25) is 19.5 Å². The summed E-state index contributed by atoms with van der Waals surface area (Å²) in [6, 6.07) is 15.8. The maximum absolute atomic E-state index is 14.0. The third-order valence-corrected chi connectivity index (χ3v) is 10.0. The predicted molar refractivity (Wildman–Crippen MR) is 183 cm³/mol. The number of carbonyl (C=O) groups is 3. The molecule has 2 aromatic carbocycles. The molecule has 0 saturated carbocycles. The zero-order chi connectivity index (χ0) is 35.7. The number of imide groups is 1. The molecule has 0 bridgehead atoms. The van der Waals surface area contributed by atoms with Crippen molar-refractivity contribution in [3.05, 3.63) is 95.8 Å². The second-order valence-electron chi connectivity index (χ2n) is 12.8. The van der Waals surface area contributed by atoms with E-state index in [0.29, 0.717) is 11.1 Å². The van der Waals surface area contributed by atoms with E-state index in [2.05, 4.69) is 15.5 Å². The third-order valence-electron chi connectivity index (χ3n) is 8.18. The molecule has 3 N–H and O–H groups in total. The Bertz CT molecular complexity index is 1700. The van der Waals surface area contributed by atoms with Gasteiger partial charge in [-0.1, -0.05) is 75.3 Å². The average molecular weight is 693 g/mol. The van der Waals surface area contributed by atoms with E-state index in [-0.39, 0.29) is 43.4 Å². The molecular formula is C35H44N6O7S. The SMILES string of the molecule is CC(C)CN(CC(O)[C@H](Cc1ccccc1)NC(=O)[C@@H](C(C)C)N1CC(=O)N(Cc2ccncc2)C1=O)S(=O)(=O)c1ccc(/C=N/O)cc1. The number of hydrogen-bond donors (Lipinski definition) is 3. The number of hydrogen-bond acceptors (Lipinski definition) is 9. The first-order valence-electron chi connectivity index (χ1n) is 16.1. The number of rotatable bonds is 16. The molecule has 1 fully saturated rings. The Balaban J connectivity index is 1.59.